The number of carbonyl (C=O) groups is 1. The highest BCUT2D eigenvalue weighted by atomic mass is 32.2. The number of aromatic nitrogens is 1. The lowest BCUT2D eigenvalue weighted by atomic mass is 10.1. The minimum atomic E-state index is -3.87. The van der Waals surface area contributed by atoms with Gasteiger partial charge in [-0.25, -0.2) is 4.72 Å². The minimum absolute atomic E-state index is 0.230. The quantitative estimate of drug-likeness (QED) is 0.929. The van der Waals surface area contributed by atoms with Crippen molar-refractivity contribution in [2.45, 2.75) is 19.9 Å². The van der Waals surface area contributed by atoms with Crippen LogP contribution >= 0.6 is 0 Å². The zero-order chi connectivity index (χ0) is 15.6. The van der Waals surface area contributed by atoms with Crippen LogP contribution in [0.2, 0.25) is 0 Å². The molecule has 0 aliphatic rings. The molecule has 112 valence electrons. The Morgan fingerprint density at radius 1 is 1.24 bits per heavy atom. The molecule has 0 bridgehead atoms. The van der Waals surface area contributed by atoms with Crippen molar-refractivity contribution in [3.05, 3.63) is 42.2 Å². The average Bonchev–Trinajstić information content (AvgIpc) is 2.45. The summed E-state index contributed by atoms with van der Waals surface area (Å²) in [5.74, 6) is -0.688. The van der Waals surface area contributed by atoms with Gasteiger partial charge in [0.25, 0.3) is 5.91 Å². The first kappa shape index (κ1) is 15.4. The second-order valence-corrected chi connectivity index (χ2v) is 6.68. The van der Waals surface area contributed by atoms with Gasteiger partial charge in [0.1, 0.15) is 0 Å². The predicted molar refractivity (Wildman–Crippen MR) is 81.0 cm³/mol. The first-order valence-corrected chi connectivity index (χ1v) is 7.90. The zero-order valence-corrected chi connectivity index (χ0v) is 12.9. The summed E-state index contributed by atoms with van der Waals surface area (Å²) in [6, 6.07) is 6.93. The molecule has 21 heavy (non-hydrogen) atoms. The molecule has 2 rings (SSSR count). The van der Waals surface area contributed by atoms with Gasteiger partial charge < -0.3 is 0 Å². The van der Waals surface area contributed by atoms with Crippen LogP contribution in [0.15, 0.2) is 36.7 Å². The number of carbonyl (C=O) groups excluding carboxylic acids is 1. The van der Waals surface area contributed by atoms with Crippen molar-refractivity contribution in [1.29, 1.82) is 0 Å². The number of rotatable bonds is 4. The van der Waals surface area contributed by atoms with Gasteiger partial charge in [0.05, 0.1) is 5.56 Å². The number of nitrogens with zero attached hydrogens (tertiary/aromatic N) is 2. The summed E-state index contributed by atoms with van der Waals surface area (Å²) in [4.78, 5) is 16.2. The van der Waals surface area contributed by atoms with Crippen molar-refractivity contribution < 1.29 is 13.2 Å². The summed E-state index contributed by atoms with van der Waals surface area (Å²) < 4.78 is 27.3. The smallest absolute Gasteiger partial charge is 0.268 e. The van der Waals surface area contributed by atoms with E-state index in [4.69, 9.17) is 0 Å². The molecule has 1 heterocycles. The van der Waals surface area contributed by atoms with Crippen LogP contribution in [0.5, 0.6) is 0 Å². The van der Waals surface area contributed by atoms with Gasteiger partial charge in [0, 0.05) is 30.9 Å². The Morgan fingerprint density at radius 2 is 1.90 bits per heavy atom. The van der Waals surface area contributed by atoms with E-state index in [1.54, 1.807) is 32.2 Å². The molecule has 0 unspecified atom stereocenters. The maximum atomic E-state index is 12.2. The van der Waals surface area contributed by atoms with Crippen LogP contribution in [-0.4, -0.2) is 36.7 Å². The Kier molecular flexibility index (Phi) is 4.24. The topological polar surface area (TPSA) is 79.4 Å². The van der Waals surface area contributed by atoms with Crippen LogP contribution in [-0.2, 0) is 10.2 Å². The van der Waals surface area contributed by atoms with Crippen LogP contribution in [0.1, 0.15) is 24.2 Å². The van der Waals surface area contributed by atoms with E-state index in [1.165, 1.54) is 13.2 Å². The molecular formula is C14H17N3O3S. The molecule has 0 saturated carbocycles. The minimum Gasteiger partial charge on any atom is -0.268 e. The van der Waals surface area contributed by atoms with Crippen LogP contribution in [0, 0.1) is 0 Å². The van der Waals surface area contributed by atoms with Crippen molar-refractivity contribution in [3.63, 3.8) is 0 Å². The molecule has 7 heteroatoms. The molecule has 6 nitrogen and oxygen atoms in total. The predicted octanol–water partition coefficient (Wildman–Crippen LogP) is 1.55. The number of nitrogens with one attached hydrogen (secondary N) is 1. The Labute approximate surface area is 124 Å². The van der Waals surface area contributed by atoms with Gasteiger partial charge in [-0.2, -0.15) is 12.7 Å². The summed E-state index contributed by atoms with van der Waals surface area (Å²) >= 11 is 0. The Morgan fingerprint density at radius 3 is 2.57 bits per heavy atom. The number of pyridine rings is 1. The molecule has 2 aromatic rings. The molecular weight excluding hydrogens is 290 g/mol. The SMILES string of the molecule is CC(C)N(C)S(=O)(=O)NC(=O)c1cncc2ccccc12. The van der Waals surface area contributed by atoms with Gasteiger partial charge >= 0.3 is 10.2 Å². The van der Waals surface area contributed by atoms with Crippen molar-refractivity contribution in [2.24, 2.45) is 0 Å². The van der Waals surface area contributed by atoms with Crippen LogP contribution < -0.4 is 4.72 Å². The highest BCUT2D eigenvalue weighted by molar-refractivity contribution is 7.87. The molecule has 0 fully saturated rings. The first-order valence-electron chi connectivity index (χ1n) is 6.46. The fraction of sp³-hybridized carbons (Fsp3) is 0.286. The summed E-state index contributed by atoms with van der Waals surface area (Å²) in [6.45, 7) is 3.45. The van der Waals surface area contributed by atoms with E-state index in [9.17, 15) is 13.2 Å². The van der Waals surface area contributed by atoms with Crippen LogP contribution in [0.4, 0.5) is 0 Å². The third kappa shape index (κ3) is 3.20. The van der Waals surface area contributed by atoms with E-state index in [2.05, 4.69) is 9.71 Å². The number of hydrogen-bond donors (Lipinski definition) is 1. The molecule has 0 aliphatic heterocycles. The Hall–Kier alpha value is -1.99. The molecule has 0 saturated heterocycles. The van der Waals surface area contributed by atoms with Crippen LogP contribution in [0.3, 0.4) is 0 Å². The van der Waals surface area contributed by atoms with Gasteiger partial charge in [0.15, 0.2) is 0 Å². The summed E-state index contributed by atoms with van der Waals surface area (Å²) in [5.41, 5.74) is 0.230. The highest BCUT2D eigenvalue weighted by Crippen LogP contribution is 2.17. The second kappa shape index (κ2) is 5.79. The van der Waals surface area contributed by atoms with E-state index >= 15 is 0 Å². The molecule has 1 aromatic carbocycles. The largest absolute Gasteiger partial charge is 0.304 e. The summed E-state index contributed by atoms with van der Waals surface area (Å²) in [6.07, 6.45) is 2.99. The Bertz CT molecular complexity index is 767. The second-order valence-electron chi connectivity index (χ2n) is 4.95. The molecule has 1 amide bonds. The van der Waals surface area contributed by atoms with Crippen LogP contribution in [0.25, 0.3) is 10.8 Å². The van der Waals surface area contributed by atoms with Gasteiger partial charge in [-0.1, -0.05) is 24.3 Å². The molecule has 0 atom stereocenters. The highest BCUT2D eigenvalue weighted by Gasteiger charge is 2.24. The van der Waals surface area contributed by atoms with E-state index in [0.29, 0.717) is 5.39 Å². The van der Waals surface area contributed by atoms with Crippen molar-refractivity contribution in [3.8, 4) is 0 Å². The standard InChI is InChI=1S/C14H17N3O3S/c1-10(2)17(3)21(19,20)16-14(18)13-9-15-8-11-6-4-5-7-12(11)13/h4-10H,1-3H3,(H,16,18). The lowest BCUT2D eigenvalue weighted by molar-refractivity contribution is 0.0980. The van der Waals surface area contributed by atoms with Gasteiger partial charge in [0.2, 0.25) is 0 Å². The normalized spacial score (nSPS) is 12.0. The molecule has 0 spiro atoms. The van der Waals surface area contributed by atoms with Gasteiger partial charge in [-0.05, 0) is 19.2 Å². The van der Waals surface area contributed by atoms with Gasteiger partial charge in [-0.3, -0.25) is 9.78 Å². The molecule has 1 aromatic heterocycles. The van der Waals surface area contributed by atoms with E-state index < -0.39 is 16.1 Å². The van der Waals surface area contributed by atoms with E-state index in [1.807, 2.05) is 12.1 Å². The van der Waals surface area contributed by atoms with Crippen molar-refractivity contribution in [1.82, 2.24) is 14.0 Å². The Balaban J connectivity index is 2.36. The summed E-state index contributed by atoms with van der Waals surface area (Å²) in [5, 5.41) is 1.44. The number of fused-ring (bicyclic) bond motifs is 1. The molecule has 1 N–H and O–H groups in total. The number of hydrogen-bond acceptors (Lipinski definition) is 4. The third-order valence-electron chi connectivity index (χ3n) is 3.24. The maximum Gasteiger partial charge on any atom is 0.304 e. The molecule has 0 aliphatic carbocycles. The van der Waals surface area contributed by atoms with E-state index in [-0.39, 0.29) is 11.6 Å². The lowest BCUT2D eigenvalue weighted by Crippen LogP contribution is -2.44. The van der Waals surface area contributed by atoms with Crippen molar-refractivity contribution >= 4 is 26.9 Å². The first-order chi connectivity index (χ1) is 9.83. The third-order valence-corrected chi connectivity index (χ3v) is 4.86. The zero-order valence-electron chi connectivity index (χ0n) is 12.1. The monoisotopic (exact) mass is 307 g/mol. The van der Waals surface area contributed by atoms with E-state index in [0.717, 1.165) is 9.69 Å². The molecule has 0 radical (unpaired) electrons. The summed E-state index contributed by atoms with van der Waals surface area (Å²) in [7, 11) is -2.45. The number of amides is 1. The fourth-order valence-electron chi connectivity index (χ4n) is 1.82. The maximum absolute atomic E-state index is 12.2. The fourth-order valence-corrected chi connectivity index (χ4v) is 2.86. The van der Waals surface area contributed by atoms with Gasteiger partial charge in [-0.15, -0.1) is 0 Å². The lowest BCUT2D eigenvalue weighted by Gasteiger charge is -2.21. The van der Waals surface area contributed by atoms with Crippen molar-refractivity contribution in [2.75, 3.05) is 7.05 Å². The number of benzene rings is 1. The average molecular weight is 307 g/mol.